The number of alkyl halides is 2. The van der Waals surface area contributed by atoms with Gasteiger partial charge in [-0.2, -0.15) is 0 Å². The monoisotopic (exact) mass is 230 g/mol. The summed E-state index contributed by atoms with van der Waals surface area (Å²) in [5, 5.41) is 8.27. The van der Waals surface area contributed by atoms with Crippen molar-refractivity contribution in [1.82, 2.24) is 0 Å². The Morgan fingerprint density at radius 1 is 1.44 bits per heavy atom. The van der Waals surface area contributed by atoms with Crippen molar-refractivity contribution in [2.45, 2.75) is 19.3 Å². The Morgan fingerprint density at radius 2 is 2.06 bits per heavy atom. The van der Waals surface area contributed by atoms with Gasteiger partial charge < -0.3 is 9.84 Å². The van der Waals surface area contributed by atoms with E-state index in [0.717, 1.165) is 5.56 Å². The molecule has 0 unspecified atom stereocenters. The van der Waals surface area contributed by atoms with Crippen LogP contribution in [0.4, 0.5) is 8.78 Å². The summed E-state index contributed by atoms with van der Waals surface area (Å²) in [4.78, 5) is 10.2. The van der Waals surface area contributed by atoms with Gasteiger partial charge in [-0.15, -0.1) is 0 Å². The number of carboxylic acids is 1. The minimum absolute atomic E-state index is 0.340. The van der Waals surface area contributed by atoms with Gasteiger partial charge in [-0.05, 0) is 18.6 Å². The Balaban J connectivity index is 2.57. The van der Waals surface area contributed by atoms with Crippen LogP contribution in [0.15, 0.2) is 24.3 Å². The van der Waals surface area contributed by atoms with E-state index in [4.69, 9.17) is 9.84 Å². The summed E-state index contributed by atoms with van der Waals surface area (Å²) in [6, 6.07) is 6.71. The van der Waals surface area contributed by atoms with Crippen LogP contribution in [0.5, 0.6) is 5.75 Å². The number of aryl methyl sites for hydroxylation is 1. The molecule has 3 nitrogen and oxygen atoms in total. The second-order valence-electron chi connectivity index (χ2n) is 3.48. The Morgan fingerprint density at radius 3 is 2.62 bits per heavy atom. The molecule has 0 atom stereocenters. The molecule has 0 bridgehead atoms. The molecule has 5 heteroatoms. The van der Waals surface area contributed by atoms with E-state index in [0.29, 0.717) is 5.75 Å². The lowest BCUT2D eigenvalue weighted by molar-refractivity contribution is -0.147. The van der Waals surface area contributed by atoms with E-state index >= 15 is 0 Å². The summed E-state index contributed by atoms with van der Waals surface area (Å²) in [5.74, 6) is -4.56. The molecule has 16 heavy (non-hydrogen) atoms. The van der Waals surface area contributed by atoms with Crippen molar-refractivity contribution in [2.24, 2.45) is 0 Å². The fourth-order valence-electron chi connectivity index (χ4n) is 1.17. The van der Waals surface area contributed by atoms with Crippen molar-refractivity contribution >= 4 is 5.97 Å². The first-order valence-corrected chi connectivity index (χ1v) is 4.69. The molecule has 0 aromatic heterocycles. The molecule has 1 aromatic carbocycles. The lowest BCUT2D eigenvalue weighted by Gasteiger charge is -2.16. The van der Waals surface area contributed by atoms with Crippen molar-refractivity contribution in [3.8, 4) is 5.75 Å². The van der Waals surface area contributed by atoms with Gasteiger partial charge in [-0.25, -0.2) is 8.78 Å². The maximum atomic E-state index is 13.0. The number of carbonyl (C=O) groups is 1. The quantitative estimate of drug-likeness (QED) is 0.845. The molecule has 1 aromatic rings. The highest BCUT2D eigenvalue weighted by Crippen LogP contribution is 2.22. The van der Waals surface area contributed by atoms with Crippen LogP contribution < -0.4 is 4.74 Å². The summed E-state index contributed by atoms with van der Waals surface area (Å²) in [6.45, 7) is 0.800. The summed E-state index contributed by atoms with van der Waals surface area (Å²) in [6.07, 6.45) is -1.22. The van der Waals surface area contributed by atoms with E-state index in [2.05, 4.69) is 0 Å². The highest BCUT2D eigenvalue weighted by Gasteiger charge is 2.33. The van der Waals surface area contributed by atoms with Gasteiger partial charge in [0.2, 0.25) is 0 Å². The Kier molecular flexibility index (Phi) is 3.82. The second kappa shape index (κ2) is 4.92. The second-order valence-corrected chi connectivity index (χ2v) is 3.48. The lowest BCUT2D eigenvalue weighted by atomic mass is 10.2. The van der Waals surface area contributed by atoms with Crippen molar-refractivity contribution in [2.75, 3.05) is 6.61 Å². The molecule has 0 aliphatic carbocycles. The van der Waals surface area contributed by atoms with Gasteiger partial charge in [0.05, 0.1) is 0 Å². The van der Waals surface area contributed by atoms with Crippen LogP contribution in [0.3, 0.4) is 0 Å². The zero-order valence-electron chi connectivity index (χ0n) is 8.74. The zero-order chi connectivity index (χ0) is 12.2. The molecule has 1 rings (SSSR count). The van der Waals surface area contributed by atoms with Gasteiger partial charge in [0.1, 0.15) is 12.2 Å². The van der Waals surface area contributed by atoms with E-state index in [1.807, 2.05) is 0 Å². The van der Waals surface area contributed by atoms with Gasteiger partial charge in [-0.3, -0.25) is 4.79 Å². The molecule has 0 aliphatic rings. The summed E-state index contributed by atoms with van der Waals surface area (Å²) in [7, 11) is 0. The summed E-state index contributed by atoms with van der Waals surface area (Å²) < 4.78 is 30.9. The number of benzene rings is 1. The lowest BCUT2D eigenvalue weighted by Crippen LogP contribution is -2.28. The topological polar surface area (TPSA) is 46.5 Å². The highest BCUT2D eigenvalue weighted by atomic mass is 19.3. The van der Waals surface area contributed by atoms with Gasteiger partial charge in [0, 0.05) is 0 Å². The summed E-state index contributed by atoms with van der Waals surface area (Å²) in [5.41, 5.74) is 0.730. The molecular weight excluding hydrogens is 218 g/mol. The Labute approximate surface area is 91.7 Å². The van der Waals surface area contributed by atoms with Gasteiger partial charge in [0.15, 0.2) is 6.61 Å². The van der Waals surface area contributed by atoms with E-state index < -0.39 is 24.9 Å². The van der Waals surface area contributed by atoms with Gasteiger partial charge in [0.25, 0.3) is 5.92 Å². The molecule has 0 heterocycles. The average Bonchev–Trinajstić information content (AvgIpc) is 2.14. The van der Waals surface area contributed by atoms with Crippen molar-refractivity contribution in [1.29, 1.82) is 0 Å². The SMILES string of the molecule is Cc1ccccc1OCC(F)(F)CC(=O)O. The minimum Gasteiger partial charge on any atom is -0.487 e. The molecule has 0 saturated carbocycles. The van der Waals surface area contributed by atoms with Gasteiger partial charge >= 0.3 is 5.97 Å². The third kappa shape index (κ3) is 3.84. The first-order valence-electron chi connectivity index (χ1n) is 4.69. The number of halogens is 2. The van der Waals surface area contributed by atoms with Crippen LogP contribution >= 0.6 is 0 Å². The van der Waals surface area contributed by atoms with E-state index in [1.54, 1.807) is 31.2 Å². The third-order valence-corrected chi connectivity index (χ3v) is 1.94. The van der Waals surface area contributed by atoms with E-state index in [1.165, 1.54) is 0 Å². The number of carboxylic acid groups (broad SMARTS) is 1. The third-order valence-electron chi connectivity index (χ3n) is 1.94. The minimum atomic E-state index is -3.35. The maximum absolute atomic E-state index is 13.0. The summed E-state index contributed by atoms with van der Waals surface area (Å²) >= 11 is 0. The standard InChI is InChI=1S/C11H12F2O3/c1-8-4-2-3-5-9(8)16-7-11(12,13)6-10(14)15/h2-5H,6-7H2,1H3,(H,14,15). The fourth-order valence-corrected chi connectivity index (χ4v) is 1.17. The average molecular weight is 230 g/mol. The van der Waals surface area contributed by atoms with E-state index in [-0.39, 0.29) is 0 Å². The van der Waals surface area contributed by atoms with Crippen LogP contribution in [-0.4, -0.2) is 23.6 Å². The highest BCUT2D eigenvalue weighted by molar-refractivity contribution is 5.67. The van der Waals surface area contributed by atoms with Crippen LogP contribution in [-0.2, 0) is 4.79 Å². The van der Waals surface area contributed by atoms with Gasteiger partial charge in [-0.1, -0.05) is 18.2 Å². The first kappa shape index (κ1) is 12.4. The first-order chi connectivity index (χ1) is 7.41. The van der Waals surface area contributed by atoms with Crippen LogP contribution in [0.25, 0.3) is 0 Å². The van der Waals surface area contributed by atoms with Crippen LogP contribution in [0, 0.1) is 6.92 Å². The number of rotatable bonds is 5. The van der Waals surface area contributed by atoms with Crippen molar-refractivity contribution in [3.05, 3.63) is 29.8 Å². The molecule has 0 aliphatic heterocycles. The maximum Gasteiger partial charge on any atom is 0.309 e. The zero-order valence-corrected chi connectivity index (χ0v) is 8.74. The predicted molar refractivity (Wildman–Crippen MR) is 53.9 cm³/mol. The van der Waals surface area contributed by atoms with Crippen molar-refractivity contribution < 1.29 is 23.4 Å². The Hall–Kier alpha value is -1.65. The molecular formula is C11H12F2O3. The smallest absolute Gasteiger partial charge is 0.309 e. The number of aliphatic carboxylic acids is 1. The van der Waals surface area contributed by atoms with Crippen molar-refractivity contribution in [3.63, 3.8) is 0 Å². The largest absolute Gasteiger partial charge is 0.487 e. The Bertz CT molecular complexity index is 377. The fraction of sp³-hybridized carbons (Fsp3) is 0.364. The molecule has 1 N–H and O–H groups in total. The number of ether oxygens (including phenoxy) is 1. The molecule has 0 radical (unpaired) electrons. The van der Waals surface area contributed by atoms with Crippen LogP contribution in [0.2, 0.25) is 0 Å². The molecule has 0 amide bonds. The van der Waals surface area contributed by atoms with E-state index in [9.17, 15) is 13.6 Å². The van der Waals surface area contributed by atoms with Crippen LogP contribution in [0.1, 0.15) is 12.0 Å². The molecule has 0 fully saturated rings. The molecule has 0 spiro atoms. The normalized spacial score (nSPS) is 11.2. The molecule has 88 valence electrons. The number of para-hydroxylation sites is 1. The molecule has 0 saturated heterocycles. The predicted octanol–water partition coefficient (Wildman–Crippen LogP) is 2.48. The number of hydrogen-bond acceptors (Lipinski definition) is 2. The number of hydrogen-bond donors (Lipinski definition) is 1.